The normalized spacial score (nSPS) is 11.1. The Morgan fingerprint density at radius 3 is 2.79 bits per heavy atom. The van der Waals surface area contributed by atoms with Crippen molar-refractivity contribution in [3.05, 3.63) is 53.6 Å². The fourth-order valence-electron chi connectivity index (χ4n) is 2.01. The highest BCUT2D eigenvalue weighted by Gasteiger charge is 2.06. The molecule has 0 unspecified atom stereocenters. The van der Waals surface area contributed by atoms with Crippen molar-refractivity contribution in [3.63, 3.8) is 0 Å². The number of aromatic amines is 1. The molecular weight excluding hydrogens is 256 g/mol. The number of benzene rings is 2. The number of aliphatic hydroxyl groups excluding tert-OH is 1. The first-order chi connectivity index (χ1) is 9.26. The Morgan fingerprint density at radius 1 is 1.21 bits per heavy atom. The van der Waals surface area contributed by atoms with Crippen LogP contribution < -0.4 is 0 Å². The second kappa shape index (κ2) is 5.07. The van der Waals surface area contributed by atoms with Gasteiger partial charge in [-0.2, -0.15) is 0 Å². The fraction of sp³-hybridized carbons (Fsp3) is 0.133. The molecule has 0 atom stereocenters. The summed E-state index contributed by atoms with van der Waals surface area (Å²) >= 11 is 1.61. The number of para-hydroxylation sites is 2. The molecule has 96 valence electrons. The van der Waals surface area contributed by atoms with E-state index in [2.05, 4.69) is 9.97 Å². The topological polar surface area (TPSA) is 48.9 Å². The van der Waals surface area contributed by atoms with Crippen molar-refractivity contribution in [2.75, 3.05) is 0 Å². The molecule has 0 saturated heterocycles. The standard InChI is InChI=1S/C15H14N2OS/c1-10-8-11(9-18)6-7-14(10)19-15-16-12-4-2-3-5-13(12)17-15/h2-8,18H,9H2,1H3,(H,16,17). The van der Waals surface area contributed by atoms with Gasteiger partial charge in [-0.3, -0.25) is 0 Å². The summed E-state index contributed by atoms with van der Waals surface area (Å²) in [4.78, 5) is 9.00. The van der Waals surface area contributed by atoms with Gasteiger partial charge in [-0.05, 0) is 36.2 Å². The molecule has 4 heteroatoms. The maximum absolute atomic E-state index is 9.11. The van der Waals surface area contributed by atoms with Gasteiger partial charge in [0.1, 0.15) is 0 Å². The lowest BCUT2D eigenvalue weighted by Crippen LogP contribution is -1.87. The number of imidazole rings is 1. The lowest BCUT2D eigenvalue weighted by molar-refractivity contribution is 0.281. The first kappa shape index (κ1) is 12.3. The Morgan fingerprint density at radius 2 is 2.05 bits per heavy atom. The molecule has 0 aliphatic rings. The summed E-state index contributed by atoms with van der Waals surface area (Å²) in [6, 6.07) is 14.0. The molecule has 0 bridgehead atoms. The Balaban J connectivity index is 1.92. The number of nitrogens with zero attached hydrogens (tertiary/aromatic N) is 1. The van der Waals surface area contributed by atoms with Gasteiger partial charge in [-0.15, -0.1) is 0 Å². The van der Waals surface area contributed by atoms with Gasteiger partial charge >= 0.3 is 0 Å². The molecule has 0 spiro atoms. The van der Waals surface area contributed by atoms with Crippen molar-refractivity contribution in [3.8, 4) is 0 Å². The lowest BCUT2D eigenvalue weighted by Gasteiger charge is -2.05. The predicted octanol–water partition coefficient (Wildman–Crippen LogP) is 3.51. The molecule has 1 aromatic heterocycles. The molecule has 0 aliphatic carbocycles. The van der Waals surface area contributed by atoms with Crippen LogP contribution in [-0.2, 0) is 6.61 Å². The smallest absolute Gasteiger partial charge is 0.171 e. The summed E-state index contributed by atoms with van der Waals surface area (Å²) < 4.78 is 0. The molecule has 3 aromatic rings. The number of rotatable bonds is 3. The van der Waals surface area contributed by atoms with Crippen LogP contribution in [0.15, 0.2) is 52.5 Å². The Labute approximate surface area is 115 Å². The van der Waals surface area contributed by atoms with E-state index in [1.165, 1.54) is 0 Å². The predicted molar refractivity (Wildman–Crippen MR) is 77.3 cm³/mol. The molecule has 0 radical (unpaired) electrons. The van der Waals surface area contributed by atoms with Crippen LogP contribution in [0.5, 0.6) is 0 Å². The molecule has 19 heavy (non-hydrogen) atoms. The zero-order valence-electron chi connectivity index (χ0n) is 10.6. The van der Waals surface area contributed by atoms with Crippen molar-refractivity contribution in [1.29, 1.82) is 0 Å². The van der Waals surface area contributed by atoms with E-state index in [0.717, 1.165) is 32.2 Å². The molecule has 0 amide bonds. The van der Waals surface area contributed by atoms with Crippen molar-refractivity contribution < 1.29 is 5.11 Å². The second-order valence-corrected chi connectivity index (χ2v) is 5.45. The molecule has 3 nitrogen and oxygen atoms in total. The highest BCUT2D eigenvalue weighted by Crippen LogP contribution is 2.30. The van der Waals surface area contributed by atoms with Crippen molar-refractivity contribution in [2.45, 2.75) is 23.6 Å². The van der Waals surface area contributed by atoms with E-state index < -0.39 is 0 Å². The number of aliphatic hydroxyl groups is 1. The average molecular weight is 270 g/mol. The van der Waals surface area contributed by atoms with Gasteiger partial charge in [0.15, 0.2) is 5.16 Å². The van der Waals surface area contributed by atoms with Gasteiger partial charge in [0.05, 0.1) is 17.6 Å². The lowest BCUT2D eigenvalue weighted by atomic mass is 10.1. The summed E-state index contributed by atoms with van der Waals surface area (Å²) in [7, 11) is 0. The van der Waals surface area contributed by atoms with Gasteiger partial charge in [0.2, 0.25) is 0 Å². The van der Waals surface area contributed by atoms with Crippen LogP contribution in [0, 0.1) is 6.92 Å². The molecule has 3 rings (SSSR count). The third-order valence-corrected chi connectivity index (χ3v) is 4.06. The van der Waals surface area contributed by atoms with Crippen LogP contribution in [-0.4, -0.2) is 15.1 Å². The summed E-state index contributed by atoms with van der Waals surface area (Å²) in [6.45, 7) is 2.13. The molecule has 0 aliphatic heterocycles. The van der Waals surface area contributed by atoms with E-state index in [4.69, 9.17) is 5.11 Å². The minimum Gasteiger partial charge on any atom is -0.392 e. The maximum atomic E-state index is 9.11. The number of hydrogen-bond donors (Lipinski definition) is 2. The quantitative estimate of drug-likeness (QED) is 0.765. The van der Waals surface area contributed by atoms with E-state index in [1.807, 2.05) is 49.4 Å². The zero-order chi connectivity index (χ0) is 13.2. The highest BCUT2D eigenvalue weighted by molar-refractivity contribution is 7.99. The van der Waals surface area contributed by atoms with Crippen LogP contribution in [0.1, 0.15) is 11.1 Å². The Kier molecular flexibility index (Phi) is 3.27. The number of aromatic nitrogens is 2. The third kappa shape index (κ3) is 2.50. The van der Waals surface area contributed by atoms with E-state index in [9.17, 15) is 0 Å². The fourth-order valence-corrected chi connectivity index (χ4v) is 2.88. The molecule has 0 fully saturated rings. The number of H-pyrrole nitrogens is 1. The number of nitrogens with one attached hydrogen (secondary N) is 1. The number of aryl methyl sites for hydroxylation is 1. The summed E-state index contributed by atoms with van der Waals surface area (Å²) in [5, 5.41) is 10.0. The third-order valence-electron chi connectivity index (χ3n) is 3.00. The molecule has 1 heterocycles. The van der Waals surface area contributed by atoms with Gasteiger partial charge in [0.25, 0.3) is 0 Å². The molecule has 2 aromatic carbocycles. The highest BCUT2D eigenvalue weighted by atomic mass is 32.2. The first-order valence-corrected chi connectivity index (χ1v) is 6.91. The SMILES string of the molecule is Cc1cc(CO)ccc1Sc1nc2ccccc2[nH]1. The summed E-state index contributed by atoms with van der Waals surface area (Å²) in [5.74, 6) is 0. The van der Waals surface area contributed by atoms with E-state index >= 15 is 0 Å². The van der Waals surface area contributed by atoms with E-state index in [1.54, 1.807) is 11.8 Å². The van der Waals surface area contributed by atoms with Crippen LogP contribution in [0.2, 0.25) is 0 Å². The first-order valence-electron chi connectivity index (χ1n) is 6.09. The van der Waals surface area contributed by atoms with Crippen LogP contribution >= 0.6 is 11.8 Å². The van der Waals surface area contributed by atoms with Gasteiger partial charge in [0, 0.05) is 4.90 Å². The Bertz CT molecular complexity index is 688. The van der Waals surface area contributed by atoms with E-state index in [0.29, 0.717) is 0 Å². The average Bonchev–Trinajstić information content (AvgIpc) is 2.83. The molecular formula is C15H14N2OS. The van der Waals surface area contributed by atoms with Gasteiger partial charge < -0.3 is 10.1 Å². The zero-order valence-corrected chi connectivity index (χ0v) is 11.4. The van der Waals surface area contributed by atoms with Crippen LogP contribution in [0.4, 0.5) is 0 Å². The largest absolute Gasteiger partial charge is 0.392 e. The van der Waals surface area contributed by atoms with Crippen LogP contribution in [0.3, 0.4) is 0 Å². The van der Waals surface area contributed by atoms with Crippen molar-refractivity contribution in [1.82, 2.24) is 9.97 Å². The number of hydrogen-bond acceptors (Lipinski definition) is 3. The van der Waals surface area contributed by atoms with E-state index in [-0.39, 0.29) is 6.61 Å². The monoisotopic (exact) mass is 270 g/mol. The van der Waals surface area contributed by atoms with Gasteiger partial charge in [-0.25, -0.2) is 4.98 Å². The minimum absolute atomic E-state index is 0.0798. The van der Waals surface area contributed by atoms with Crippen molar-refractivity contribution in [2.24, 2.45) is 0 Å². The summed E-state index contributed by atoms with van der Waals surface area (Å²) in [6.07, 6.45) is 0. The second-order valence-electron chi connectivity index (χ2n) is 4.42. The van der Waals surface area contributed by atoms with Crippen molar-refractivity contribution >= 4 is 22.8 Å². The maximum Gasteiger partial charge on any atom is 0.171 e. The number of fused-ring (bicyclic) bond motifs is 1. The molecule has 0 saturated carbocycles. The minimum atomic E-state index is 0.0798. The summed E-state index contributed by atoms with van der Waals surface area (Å²) in [5.41, 5.74) is 4.12. The molecule has 2 N–H and O–H groups in total. The Hall–Kier alpha value is -1.78. The van der Waals surface area contributed by atoms with Gasteiger partial charge in [-0.1, -0.05) is 36.0 Å². The van der Waals surface area contributed by atoms with Crippen LogP contribution in [0.25, 0.3) is 11.0 Å².